The van der Waals surface area contributed by atoms with Crippen molar-refractivity contribution in [1.29, 1.82) is 0 Å². The van der Waals surface area contributed by atoms with E-state index in [0.29, 0.717) is 12.6 Å². The van der Waals surface area contributed by atoms with Gasteiger partial charge in [0.05, 0.1) is 6.54 Å². The Labute approximate surface area is 153 Å². The first-order valence-electron chi connectivity index (χ1n) is 9.33. The topological polar surface area (TPSA) is 67.1 Å². The lowest BCUT2D eigenvalue weighted by molar-refractivity contribution is 0.392. The van der Waals surface area contributed by atoms with Crippen LogP contribution in [0.15, 0.2) is 29.3 Å². The van der Waals surface area contributed by atoms with Crippen LogP contribution in [-0.2, 0) is 19.4 Å². The summed E-state index contributed by atoms with van der Waals surface area (Å²) in [5.74, 6) is 2.55. The van der Waals surface area contributed by atoms with Crippen LogP contribution in [0.3, 0.4) is 0 Å². The Hall–Kier alpha value is -2.44. The molecule has 1 aromatic heterocycles. The molecule has 0 saturated heterocycles. The fourth-order valence-corrected chi connectivity index (χ4v) is 3.23. The van der Waals surface area contributed by atoms with Crippen LogP contribution < -0.4 is 10.6 Å². The van der Waals surface area contributed by atoms with Gasteiger partial charge >= 0.3 is 0 Å². The van der Waals surface area contributed by atoms with Gasteiger partial charge < -0.3 is 10.6 Å². The van der Waals surface area contributed by atoms with Gasteiger partial charge in [0, 0.05) is 25.6 Å². The molecule has 3 rings (SSSR count). The van der Waals surface area contributed by atoms with Crippen LogP contribution in [0.1, 0.15) is 37.0 Å². The van der Waals surface area contributed by atoms with Gasteiger partial charge in [-0.1, -0.05) is 12.1 Å². The van der Waals surface area contributed by atoms with Gasteiger partial charge in [-0.3, -0.25) is 4.99 Å². The molecule has 1 unspecified atom stereocenters. The van der Waals surface area contributed by atoms with E-state index in [0.717, 1.165) is 61.9 Å². The van der Waals surface area contributed by atoms with Crippen LogP contribution in [-0.4, -0.2) is 39.9 Å². The molecule has 1 aliphatic heterocycles. The van der Waals surface area contributed by atoms with Crippen molar-refractivity contribution in [1.82, 2.24) is 25.4 Å². The summed E-state index contributed by atoms with van der Waals surface area (Å²) >= 11 is 0. The summed E-state index contributed by atoms with van der Waals surface area (Å²) in [4.78, 5) is 9.11. The summed E-state index contributed by atoms with van der Waals surface area (Å²) in [5.41, 5.74) is 1.01. The zero-order chi connectivity index (χ0) is 18.4. The first-order chi connectivity index (χ1) is 12.6. The Balaban J connectivity index is 1.51. The average Bonchev–Trinajstić information content (AvgIpc) is 2.98. The second kappa shape index (κ2) is 8.78. The molecule has 2 aromatic rings. The van der Waals surface area contributed by atoms with E-state index < -0.39 is 0 Å². The highest BCUT2D eigenvalue weighted by atomic mass is 19.1. The summed E-state index contributed by atoms with van der Waals surface area (Å²) in [6.07, 6.45) is 3.66. The second-order valence-corrected chi connectivity index (χ2v) is 6.63. The summed E-state index contributed by atoms with van der Waals surface area (Å²) in [5, 5.41) is 11.3. The summed E-state index contributed by atoms with van der Waals surface area (Å²) in [6.45, 7) is 6.31. The molecule has 7 heteroatoms. The van der Waals surface area contributed by atoms with Gasteiger partial charge in [-0.25, -0.2) is 14.1 Å². The first kappa shape index (κ1) is 18.4. The molecule has 2 heterocycles. The molecule has 1 aliphatic rings. The third-order valence-corrected chi connectivity index (χ3v) is 4.43. The van der Waals surface area contributed by atoms with Crippen LogP contribution in [0.5, 0.6) is 0 Å². The van der Waals surface area contributed by atoms with Crippen LogP contribution >= 0.6 is 0 Å². The van der Waals surface area contributed by atoms with Gasteiger partial charge in [-0.05, 0) is 50.8 Å². The molecule has 0 fully saturated rings. The van der Waals surface area contributed by atoms with Gasteiger partial charge in [0.2, 0.25) is 0 Å². The normalized spacial score (nSPS) is 17.0. The van der Waals surface area contributed by atoms with Crippen molar-refractivity contribution in [2.75, 3.05) is 13.1 Å². The maximum atomic E-state index is 13.2. The van der Waals surface area contributed by atoms with E-state index >= 15 is 0 Å². The van der Waals surface area contributed by atoms with Crippen molar-refractivity contribution in [2.45, 2.75) is 52.1 Å². The van der Waals surface area contributed by atoms with E-state index in [-0.39, 0.29) is 5.82 Å². The standard InChI is InChI=1S/C19H27FN6/c1-3-21-19(22-11-5-7-15-6-4-8-16(20)12-15)24-17-9-10-18-23-14(2)25-26(18)13-17/h4,6,8,12,17H,3,5,7,9-11,13H2,1-2H3,(H2,21,22,24). The predicted octanol–water partition coefficient (Wildman–Crippen LogP) is 2.23. The maximum Gasteiger partial charge on any atom is 0.191 e. The molecular weight excluding hydrogens is 331 g/mol. The molecule has 26 heavy (non-hydrogen) atoms. The number of benzene rings is 1. The lowest BCUT2D eigenvalue weighted by Gasteiger charge is -2.25. The zero-order valence-electron chi connectivity index (χ0n) is 15.5. The Kier molecular flexibility index (Phi) is 6.20. The third-order valence-electron chi connectivity index (χ3n) is 4.43. The van der Waals surface area contributed by atoms with E-state index in [1.807, 2.05) is 17.7 Å². The molecule has 0 spiro atoms. The molecule has 0 saturated carbocycles. The number of nitrogens with zero attached hydrogens (tertiary/aromatic N) is 4. The number of aliphatic imine (C=N–C) groups is 1. The Morgan fingerprint density at radius 1 is 1.42 bits per heavy atom. The molecule has 1 atom stereocenters. The molecule has 140 valence electrons. The first-order valence-corrected chi connectivity index (χ1v) is 9.33. The number of rotatable bonds is 6. The number of nitrogens with one attached hydrogen (secondary N) is 2. The van der Waals surface area contributed by atoms with E-state index in [9.17, 15) is 4.39 Å². The number of hydrogen-bond donors (Lipinski definition) is 2. The Morgan fingerprint density at radius 2 is 2.31 bits per heavy atom. The SMILES string of the molecule is CCNC(=NCCCc1cccc(F)c1)NC1CCc2nc(C)nn2C1. The monoisotopic (exact) mass is 358 g/mol. The molecule has 0 amide bonds. The van der Waals surface area contributed by atoms with Crippen LogP contribution in [0.25, 0.3) is 0 Å². The number of aryl methyl sites for hydroxylation is 3. The van der Waals surface area contributed by atoms with E-state index in [1.54, 1.807) is 12.1 Å². The minimum absolute atomic E-state index is 0.180. The third kappa shape index (κ3) is 5.03. The van der Waals surface area contributed by atoms with E-state index in [4.69, 9.17) is 0 Å². The number of aromatic nitrogens is 3. The van der Waals surface area contributed by atoms with E-state index in [1.165, 1.54) is 6.07 Å². The van der Waals surface area contributed by atoms with Crippen molar-refractivity contribution in [2.24, 2.45) is 4.99 Å². The lowest BCUT2D eigenvalue weighted by atomic mass is 10.1. The Morgan fingerprint density at radius 3 is 3.12 bits per heavy atom. The average molecular weight is 358 g/mol. The summed E-state index contributed by atoms with van der Waals surface area (Å²) < 4.78 is 15.2. The minimum atomic E-state index is -0.180. The largest absolute Gasteiger partial charge is 0.357 e. The van der Waals surface area contributed by atoms with Gasteiger partial charge in [0.1, 0.15) is 17.5 Å². The number of halogens is 1. The molecular formula is C19H27FN6. The van der Waals surface area contributed by atoms with Crippen molar-refractivity contribution >= 4 is 5.96 Å². The van der Waals surface area contributed by atoms with Crippen molar-refractivity contribution in [3.63, 3.8) is 0 Å². The van der Waals surface area contributed by atoms with Gasteiger partial charge in [-0.2, -0.15) is 5.10 Å². The molecule has 6 nitrogen and oxygen atoms in total. The number of hydrogen-bond acceptors (Lipinski definition) is 3. The van der Waals surface area contributed by atoms with E-state index in [2.05, 4.69) is 32.6 Å². The summed E-state index contributed by atoms with van der Waals surface area (Å²) in [7, 11) is 0. The van der Waals surface area contributed by atoms with Crippen molar-refractivity contribution in [3.05, 3.63) is 47.3 Å². The van der Waals surface area contributed by atoms with Gasteiger partial charge in [0.25, 0.3) is 0 Å². The number of guanidine groups is 1. The fourth-order valence-electron chi connectivity index (χ4n) is 3.23. The van der Waals surface area contributed by atoms with Crippen molar-refractivity contribution < 1.29 is 4.39 Å². The van der Waals surface area contributed by atoms with Gasteiger partial charge in [-0.15, -0.1) is 0 Å². The smallest absolute Gasteiger partial charge is 0.191 e. The quantitative estimate of drug-likeness (QED) is 0.472. The number of fused-ring (bicyclic) bond motifs is 1. The van der Waals surface area contributed by atoms with Crippen LogP contribution in [0, 0.1) is 12.7 Å². The molecule has 0 aliphatic carbocycles. The highest BCUT2D eigenvalue weighted by Crippen LogP contribution is 2.12. The molecule has 0 bridgehead atoms. The molecule has 0 radical (unpaired) electrons. The molecule has 1 aromatic carbocycles. The molecule has 2 N–H and O–H groups in total. The minimum Gasteiger partial charge on any atom is -0.357 e. The maximum absolute atomic E-state index is 13.2. The second-order valence-electron chi connectivity index (χ2n) is 6.63. The highest BCUT2D eigenvalue weighted by molar-refractivity contribution is 5.80. The lowest BCUT2D eigenvalue weighted by Crippen LogP contribution is -2.47. The van der Waals surface area contributed by atoms with Gasteiger partial charge in [0.15, 0.2) is 5.96 Å². The van der Waals surface area contributed by atoms with Crippen LogP contribution in [0.4, 0.5) is 4.39 Å². The highest BCUT2D eigenvalue weighted by Gasteiger charge is 2.21. The zero-order valence-corrected chi connectivity index (χ0v) is 15.5. The summed E-state index contributed by atoms with van der Waals surface area (Å²) in [6, 6.07) is 7.07. The Bertz CT molecular complexity index is 754. The fraction of sp³-hybridized carbons (Fsp3) is 0.526. The predicted molar refractivity (Wildman–Crippen MR) is 101 cm³/mol. The van der Waals surface area contributed by atoms with Crippen molar-refractivity contribution in [3.8, 4) is 0 Å². The van der Waals surface area contributed by atoms with Crippen LogP contribution in [0.2, 0.25) is 0 Å².